The van der Waals surface area contributed by atoms with E-state index < -0.39 is 5.97 Å². The molecule has 1 heterocycles. The molecule has 1 saturated heterocycles. The molecular formula is C19H18ClNO4. The second-order valence-electron chi connectivity index (χ2n) is 6.74. The fourth-order valence-electron chi connectivity index (χ4n) is 4.35. The van der Waals surface area contributed by atoms with Crippen molar-refractivity contribution in [2.24, 2.45) is 23.7 Å². The molecule has 1 aromatic rings. The summed E-state index contributed by atoms with van der Waals surface area (Å²) in [5.74, 6) is -1.21. The van der Waals surface area contributed by atoms with Gasteiger partial charge in [0.1, 0.15) is 0 Å². The number of esters is 1. The number of benzene rings is 1. The van der Waals surface area contributed by atoms with Gasteiger partial charge in [0, 0.05) is 0 Å². The second kappa shape index (κ2) is 5.99. The molecule has 6 heteroatoms. The molecule has 3 aliphatic carbocycles. The second-order valence-corrected chi connectivity index (χ2v) is 7.15. The van der Waals surface area contributed by atoms with Crippen LogP contribution < -0.4 is 4.90 Å². The predicted octanol–water partition coefficient (Wildman–Crippen LogP) is 3.22. The number of hydrogen-bond donors (Lipinski definition) is 0. The molecule has 1 aliphatic heterocycles. The minimum Gasteiger partial charge on any atom is -0.462 e. The number of carbonyl (C=O) groups excluding carboxylic acids is 3. The average molecular weight is 360 g/mol. The molecule has 4 atom stereocenters. The quantitative estimate of drug-likeness (QED) is 0.472. The molecule has 0 unspecified atom stereocenters. The monoisotopic (exact) mass is 359 g/mol. The topological polar surface area (TPSA) is 63.7 Å². The maximum Gasteiger partial charge on any atom is 0.339 e. The number of hydrogen-bond acceptors (Lipinski definition) is 4. The third-order valence-corrected chi connectivity index (χ3v) is 5.79. The SMILES string of the molecule is CCOC(=O)c1cc(N2C(=O)[C@H]3[C@H](C2=O)[C@H]2C=C[C@H]3CC2)ccc1Cl. The molecule has 130 valence electrons. The fourth-order valence-corrected chi connectivity index (χ4v) is 4.54. The molecule has 2 bridgehead atoms. The maximum atomic E-state index is 13.0. The van der Waals surface area contributed by atoms with E-state index in [-0.39, 0.29) is 52.7 Å². The minimum absolute atomic E-state index is 0.133. The fraction of sp³-hybridized carbons (Fsp3) is 0.421. The van der Waals surface area contributed by atoms with Gasteiger partial charge in [-0.05, 0) is 49.8 Å². The van der Waals surface area contributed by atoms with E-state index in [4.69, 9.17) is 16.3 Å². The summed E-state index contributed by atoms with van der Waals surface area (Å²) in [5, 5.41) is 0.237. The number of amides is 2. The molecule has 4 aliphatic rings. The Balaban J connectivity index is 1.71. The Bertz CT molecular complexity index is 771. The first kappa shape index (κ1) is 16.3. The summed E-state index contributed by atoms with van der Waals surface area (Å²) in [6, 6.07) is 4.61. The van der Waals surface area contributed by atoms with E-state index in [1.54, 1.807) is 13.0 Å². The number of rotatable bonds is 3. The number of allylic oxidation sites excluding steroid dienone is 2. The van der Waals surface area contributed by atoms with Crippen LogP contribution in [-0.4, -0.2) is 24.4 Å². The molecule has 25 heavy (non-hydrogen) atoms. The van der Waals surface area contributed by atoms with Crippen molar-refractivity contribution < 1.29 is 19.1 Å². The van der Waals surface area contributed by atoms with Crippen molar-refractivity contribution in [3.8, 4) is 0 Å². The van der Waals surface area contributed by atoms with Gasteiger partial charge >= 0.3 is 5.97 Å². The Morgan fingerprint density at radius 1 is 1.16 bits per heavy atom. The van der Waals surface area contributed by atoms with Gasteiger partial charge in [0.15, 0.2) is 0 Å². The zero-order chi connectivity index (χ0) is 17.7. The van der Waals surface area contributed by atoms with Crippen LogP contribution in [-0.2, 0) is 14.3 Å². The van der Waals surface area contributed by atoms with Crippen molar-refractivity contribution in [2.45, 2.75) is 19.8 Å². The van der Waals surface area contributed by atoms with E-state index in [9.17, 15) is 14.4 Å². The summed E-state index contributed by atoms with van der Waals surface area (Å²) >= 11 is 6.09. The highest BCUT2D eigenvalue weighted by Crippen LogP contribution is 2.50. The average Bonchev–Trinajstić information content (AvgIpc) is 2.90. The lowest BCUT2D eigenvalue weighted by atomic mass is 9.63. The third kappa shape index (κ3) is 2.41. The van der Waals surface area contributed by atoms with Gasteiger partial charge in [-0.3, -0.25) is 9.59 Å². The smallest absolute Gasteiger partial charge is 0.339 e. The van der Waals surface area contributed by atoms with Gasteiger partial charge < -0.3 is 4.74 Å². The van der Waals surface area contributed by atoms with Crippen molar-refractivity contribution >= 4 is 35.1 Å². The number of anilines is 1. The van der Waals surface area contributed by atoms with Crippen molar-refractivity contribution in [1.29, 1.82) is 0 Å². The molecule has 5 nitrogen and oxygen atoms in total. The summed E-state index contributed by atoms with van der Waals surface area (Å²) in [4.78, 5) is 39.2. The first-order valence-corrected chi connectivity index (χ1v) is 8.93. The van der Waals surface area contributed by atoms with Gasteiger partial charge in [-0.1, -0.05) is 23.8 Å². The van der Waals surface area contributed by atoms with E-state index in [1.165, 1.54) is 17.0 Å². The lowest BCUT2D eigenvalue weighted by Gasteiger charge is -2.38. The number of nitrogens with zero attached hydrogens (tertiary/aromatic N) is 1. The van der Waals surface area contributed by atoms with Crippen LogP contribution in [0.15, 0.2) is 30.4 Å². The van der Waals surface area contributed by atoms with Crippen molar-refractivity contribution in [2.75, 3.05) is 11.5 Å². The summed E-state index contributed by atoms with van der Waals surface area (Å²) in [6.07, 6.45) is 6.06. The molecule has 1 aromatic carbocycles. The number of imide groups is 1. The standard InChI is InChI=1S/C19H18ClNO4/c1-2-25-19(24)13-9-12(7-8-14(13)20)21-17(22)15-10-3-4-11(6-5-10)16(15)18(21)23/h3-4,7-11,15-16H,2,5-6H2,1H3/t10-,11-,15+,16+/m0/s1. The Morgan fingerprint density at radius 2 is 1.76 bits per heavy atom. The lowest BCUT2D eigenvalue weighted by Crippen LogP contribution is -2.38. The van der Waals surface area contributed by atoms with Crippen molar-refractivity contribution in [3.63, 3.8) is 0 Å². The van der Waals surface area contributed by atoms with E-state index in [2.05, 4.69) is 12.2 Å². The van der Waals surface area contributed by atoms with Crippen LogP contribution in [0.3, 0.4) is 0 Å². The third-order valence-electron chi connectivity index (χ3n) is 5.46. The van der Waals surface area contributed by atoms with Crippen LogP contribution in [0.2, 0.25) is 5.02 Å². The van der Waals surface area contributed by atoms with Gasteiger partial charge in [-0.15, -0.1) is 0 Å². The van der Waals surface area contributed by atoms with Crippen LogP contribution in [0, 0.1) is 23.7 Å². The Labute approximate surface area is 150 Å². The number of ether oxygens (including phenoxy) is 1. The van der Waals surface area contributed by atoms with E-state index >= 15 is 0 Å². The highest BCUT2D eigenvalue weighted by Gasteiger charge is 2.56. The number of halogens is 1. The zero-order valence-corrected chi connectivity index (χ0v) is 14.5. The first-order valence-electron chi connectivity index (χ1n) is 8.55. The molecule has 2 amide bonds. The summed E-state index contributed by atoms with van der Waals surface area (Å²) in [5.41, 5.74) is 0.550. The van der Waals surface area contributed by atoms with Crippen LogP contribution in [0.25, 0.3) is 0 Å². The van der Waals surface area contributed by atoms with Crippen molar-refractivity contribution in [3.05, 3.63) is 40.9 Å². The van der Waals surface area contributed by atoms with Crippen LogP contribution in [0.4, 0.5) is 5.69 Å². The summed E-state index contributed by atoms with van der Waals surface area (Å²) in [6.45, 7) is 1.93. The van der Waals surface area contributed by atoms with Gasteiger partial charge in [0.2, 0.25) is 11.8 Å². The molecule has 2 fully saturated rings. The molecule has 5 rings (SSSR count). The number of fused-ring (bicyclic) bond motifs is 1. The van der Waals surface area contributed by atoms with Crippen molar-refractivity contribution in [1.82, 2.24) is 0 Å². The van der Waals surface area contributed by atoms with Gasteiger partial charge in [-0.25, -0.2) is 9.69 Å². The van der Waals surface area contributed by atoms with Gasteiger partial charge in [0.25, 0.3) is 0 Å². The normalized spacial score (nSPS) is 29.9. The molecule has 0 aromatic heterocycles. The van der Waals surface area contributed by atoms with Gasteiger partial charge in [0.05, 0.1) is 34.7 Å². The predicted molar refractivity (Wildman–Crippen MR) is 92.2 cm³/mol. The Kier molecular flexibility index (Phi) is 3.91. The molecular weight excluding hydrogens is 342 g/mol. The number of carbonyl (C=O) groups is 3. The largest absolute Gasteiger partial charge is 0.462 e. The summed E-state index contributed by atoms with van der Waals surface area (Å²) in [7, 11) is 0. The Morgan fingerprint density at radius 3 is 2.28 bits per heavy atom. The molecule has 0 spiro atoms. The highest BCUT2D eigenvalue weighted by atomic mass is 35.5. The first-order chi connectivity index (χ1) is 12.0. The molecule has 0 N–H and O–H groups in total. The van der Waals surface area contributed by atoms with Gasteiger partial charge in [-0.2, -0.15) is 0 Å². The minimum atomic E-state index is -0.562. The summed E-state index contributed by atoms with van der Waals surface area (Å²) < 4.78 is 5.00. The van der Waals surface area contributed by atoms with Crippen LogP contribution in [0.5, 0.6) is 0 Å². The van der Waals surface area contributed by atoms with E-state index in [0.717, 1.165) is 12.8 Å². The Hall–Kier alpha value is -2.14. The lowest BCUT2D eigenvalue weighted by molar-refractivity contribution is -0.124. The molecule has 0 radical (unpaired) electrons. The maximum absolute atomic E-state index is 13.0. The van der Waals surface area contributed by atoms with E-state index in [1.807, 2.05) is 0 Å². The van der Waals surface area contributed by atoms with Crippen LogP contribution in [0.1, 0.15) is 30.1 Å². The van der Waals surface area contributed by atoms with E-state index in [0.29, 0.717) is 5.69 Å². The highest BCUT2D eigenvalue weighted by molar-refractivity contribution is 6.34. The molecule has 1 saturated carbocycles. The zero-order valence-electron chi connectivity index (χ0n) is 13.8. The van der Waals surface area contributed by atoms with Crippen LogP contribution >= 0.6 is 11.6 Å².